The van der Waals surface area contributed by atoms with Crippen molar-refractivity contribution in [1.82, 2.24) is 14.4 Å². The minimum atomic E-state index is -1.09. The SMILES string of the molecule is CCOc1nc(C(=O)O)cn2ccnc12. The predicted molar refractivity (Wildman–Crippen MR) is 51.1 cm³/mol. The van der Waals surface area contributed by atoms with Gasteiger partial charge in [-0.25, -0.2) is 14.8 Å². The van der Waals surface area contributed by atoms with Crippen molar-refractivity contribution in [1.29, 1.82) is 0 Å². The van der Waals surface area contributed by atoms with E-state index in [9.17, 15) is 4.79 Å². The summed E-state index contributed by atoms with van der Waals surface area (Å²) in [6.07, 6.45) is 4.60. The summed E-state index contributed by atoms with van der Waals surface area (Å²) in [4.78, 5) is 18.6. The van der Waals surface area contributed by atoms with E-state index in [2.05, 4.69) is 9.97 Å². The minimum absolute atomic E-state index is 0.0658. The van der Waals surface area contributed by atoms with E-state index < -0.39 is 5.97 Å². The zero-order valence-corrected chi connectivity index (χ0v) is 8.04. The van der Waals surface area contributed by atoms with E-state index >= 15 is 0 Å². The van der Waals surface area contributed by atoms with Crippen LogP contribution in [0.15, 0.2) is 18.6 Å². The van der Waals surface area contributed by atoms with Gasteiger partial charge in [0.05, 0.1) is 6.61 Å². The number of carboxylic acid groups (broad SMARTS) is 1. The first-order valence-electron chi connectivity index (χ1n) is 4.42. The lowest BCUT2D eigenvalue weighted by Crippen LogP contribution is -2.06. The molecule has 0 aliphatic heterocycles. The molecule has 0 atom stereocenters. The molecule has 0 aromatic carbocycles. The molecule has 0 spiro atoms. The Hall–Kier alpha value is -2.11. The van der Waals surface area contributed by atoms with Gasteiger partial charge in [-0.3, -0.25) is 0 Å². The summed E-state index contributed by atoms with van der Waals surface area (Å²) in [5, 5.41) is 8.82. The Morgan fingerprint density at radius 1 is 1.67 bits per heavy atom. The third-order valence-corrected chi connectivity index (χ3v) is 1.84. The second-order valence-electron chi connectivity index (χ2n) is 2.83. The number of fused-ring (bicyclic) bond motifs is 1. The zero-order chi connectivity index (χ0) is 10.8. The fourth-order valence-corrected chi connectivity index (χ4v) is 1.24. The van der Waals surface area contributed by atoms with E-state index in [0.717, 1.165) is 0 Å². The number of nitrogens with zero attached hydrogens (tertiary/aromatic N) is 3. The van der Waals surface area contributed by atoms with Crippen LogP contribution in [0, 0.1) is 0 Å². The van der Waals surface area contributed by atoms with Crippen molar-refractivity contribution < 1.29 is 14.6 Å². The number of hydrogen-bond donors (Lipinski definition) is 1. The van der Waals surface area contributed by atoms with Crippen molar-refractivity contribution in [3.63, 3.8) is 0 Å². The Balaban J connectivity index is 2.63. The molecule has 15 heavy (non-hydrogen) atoms. The van der Waals surface area contributed by atoms with Crippen LogP contribution < -0.4 is 4.74 Å². The van der Waals surface area contributed by atoms with Crippen LogP contribution in [-0.2, 0) is 0 Å². The summed E-state index contributed by atoms with van der Waals surface area (Å²) in [7, 11) is 0. The maximum atomic E-state index is 10.8. The van der Waals surface area contributed by atoms with Gasteiger partial charge in [-0.2, -0.15) is 0 Å². The molecule has 0 saturated carbocycles. The molecule has 6 heteroatoms. The lowest BCUT2D eigenvalue weighted by atomic mass is 10.4. The number of rotatable bonds is 3. The number of carboxylic acids is 1. The molecule has 2 heterocycles. The summed E-state index contributed by atoms with van der Waals surface area (Å²) in [6, 6.07) is 0. The second kappa shape index (κ2) is 3.56. The van der Waals surface area contributed by atoms with Crippen LogP contribution in [0.25, 0.3) is 5.65 Å². The minimum Gasteiger partial charge on any atom is -0.476 e. The zero-order valence-electron chi connectivity index (χ0n) is 8.04. The number of carbonyl (C=O) groups is 1. The molecule has 1 N–H and O–H groups in total. The van der Waals surface area contributed by atoms with Gasteiger partial charge in [0.25, 0.3) is 5.88 Å². The molecule has 2 aromatic heterocycles. The number of ether oxygens (including phenoxy) is 1. The number of aromatic carboxylic acids is 1. The van der Waals surface area contributed by atoms with Gasteiger partial charge >= 0.3 is 5.97 Å². The van der Waals surface area contributed by atoms with Crippen molar-refractivity contribution in [3.8, 4) is 5.88 Å². The van der Waals surface area contributed by atoms with Crippen molar-refractivity contribution in [2.45, 2.75) is 6.92 Å². The van der Waals surface area contributed by atoms with Crippen LogP contribution in [-0.4, -0.2) is 32.1 Å². The van der Waals surface area contributed by atoms with Gasteiger partial charge in [0.15, 0.2) is 5.69 Å². The van der Waals surface area contributed by atoms with E-state index in [1.165, 1.54) is 6.20 Å². The number of aromatic nitrogens is 3. The van der Waals surface area contributed by atoms with E-state index in [1.54, 1.807) is 23.7 Å². The molecule has 0 unspecified atom stereocenters. The monoisotopic (exact) mass is 207 g/mol. The summed E-state index contributed by atoms with van der Waals surface area (Å²) in [6.45, 7) is 2.22. The van der Waals surface area contributed by atoms with Crippen LogP contribution in [0.1, 0.15) is 17.4 Å². The van der Waals surface area contributed by atoms with E-state index in [0.29, 0.717) is 12.3 Å². The highest BCUT2D eigenvalue weighted by Gasteiger charge is 2.12. The van der Waals surface area contributed by atoms with Crippen LogP contribution in [0.2, 0.25) is 0 Å². The topological polar surface area (TPSA) is 76.7 Å². The molecule has 0 saturated heterocycles. The highest BCUT2D eigenvalue weighted by molar-refractivity contribution is 5.85. The smallest absolute Gasteiger partial charge is 0.356 e. The molecule has 0 aliphatic rings. The summed E-state index contributed by atoms with van der Waals surface area (Å²) < 4.78 is 6.78. The van der Waals surface area contributed by atoms with Crippen molar-refractivity contribution in [2.75, 3.05) is 6.61 Å². The Bertz CT molecular complexity index is 506. The lowest BCUT2D eigenvalue weighted by molar-refractivity contribution is 0.0688. The Morgan fingerprint density at radius 3 is 3.13 bits per heavy atom. The fraction of sp³-hybridized carbons (Fsp3) is 0.222. The Labute approximate surface area is 85.2 Å². The molecule has 2 rings (SSSR count). The van der Waals surface area contributed by atoms with E-state index in [1.807, 2.05) is 0 Å². The van der Waals surface area contributed by atoms with Gasteiger partial charge in [-0.05, 0) is 6.92 Å². The molecule has 78 valence electrons. The molecule has 6 nitrogen and oxygen atoms in total. The van der Waals surface area contributed by atoms with Crippen molar-refractivity contribution >= 4 is 11.6 Å². The standard InChI is InChI=1S/C9H9N3O3/c1-2-15-8-7-10-3-4-12(7)5-6(11-8)9(13)14/h3-5H,2H2,1H3,(H,13,14). The second-order valence-corrected chi connectivity index (χ2v) is 2.83. The van der Waals surface area contributed by atoms with Crippen LogP contribution in [0.4, 0.5) is 0 Å². The quantitative estimate of drug-likeness (QED) is 0.806. The summed E-state index contributed by atoms with van der Waals surface area (Å²) >= 11 is 0. The predicted octanol–water partition coefficient (Wildman–Crippen LogP) is 0.826. The molecule has 0 bridgehead atoms. The molecule has 2 aromatic rings. The van der Waals surface area contributed by atoms with E-state index in [-0.39, 0.29) is 11.6 Å². The van der Waals surface area contributed by atoms with E-state index in [4.69, 9.17) is 9.84 Å². The van der Waals surface area contributed by atoms with Crippen LogP contribution >= 0.6 is 0 Å². The van der Waals surface area contributed by atoms with Crippen LogP contribution in [0.3, 0.4) is 0 Å². The van der Waals surface area contributed by atoms with Gasteiger partial charge in [-0.1, -0.05) is 0 Å². The van der Waals surface area contributed by atoms with Crippen molar-refractivity contribution in [3.05, 3.63) is 24.3 Å². The molecule has 0 radical (unpaired) electrons. The van der Waals surface area contributed by atoms with Gasteiger partial charge in [-0.15, -0.1) is 0 Å². The normalized spacial score (nSPS) is 10.5. The van der Waals surface area contributed by atoms with Gasteiger partial charge in [0.2, 0.25) is 5.65 Å². The largest absolute Gasteiger partial charge is 0.476 e. The third-order valence-electron chi connectivity index (χ3n) is 1.84. The highest BCUT2D eigenvalue weighted by Crippen LogP contribution is 2.15. The maximum Gasteiger partial charge on any atom is 0.356 e. The maximum absolute atomic E-state index is 10.8. The average Bonchev–Trinajstić information content (AvgIpc) is 2.65. The Kier molecular flexibility index (Phi) is 2.24. The fourth-order valence-electron chi connectivity index (χ4n) is 1.24. The number of hydrogen-bond acceptors (Lipinski definition) is 4. The van der Waals surface area contributed by atoms with Gasteiger partial charge < -0.3 is 14.2 Å². The summed E-state index contributed by atoms with van der Waals surface area (Å²) in [5.41, 5.74) is 0.450. The molecule has 0 aliphatic carbocycles. The Morgan fingerprint density at radius 2 is 2.47 bits per heavy atom. The number of imidazole rings is 1. The first-order chi connectivity index (χ1) is 7.22. The van der Waals surface area contributed by atoms with Crippen molar-refractivity contribution in [2.24, 2.45) is 0 Å². The molecule has 0 amide bonds. The van der Waals surface area contributed by atoms with Gasteiger partial charge in [0.1, 0.15) is 0 Å². The molecular weight excluding hydrogens is 198 g/mol. The summed E-state index contributed by atoms with van der Waals surface area (Å²) in [5.74, 6) is -0.853. The third kappa shape index (κ3) is 1.61. The molecular formula is C9H9N3O3. The van der Waals surface area contributed by atoms with Gasteiger partial charge in [0, 0.05) is 18.6 Å². The molecule has 0 fully saturated rings. The lowest BCUT2D eigenvalue weighted by Gasteiger charge is -2.04. The first kappa shape index (κ1) is 9.45. The highest BCUT2D eigenvalue weighted by atomic mass is 16.5. The average molecular weight is 207 g/mol. The van der Waals surface area contributed by atoms with Crippen LogP contribution in [0.5, 0.6) is 5.88 Å². The first-order valence-corrected chi connectivity index (χ1v) is 4.42.